The minimum absolute atomic E-state index is 0.0727. The summed E-state index contributed by atoms with van der Waals surface area (Å²) in [6, 6.07) is 11.5. The SMILES string of the molecule is C[C@H]1c2ccc(OCc3ccccc3)c3c2c(cn3C(=O)OC(C)(C)C)C(=O)[C@H](NC(=O)OC(C)(C)C)[C@]12CNC(=O)N2. The van der Waals surface area contributed by atoms with Crippen LogP contribution in [0, 0.1) is 0 Å². The van der Waals surface area contributed by atoms with Crippen molar-refractivity contribution in [2.24, 2.45) is 0 Å². The highest BCUT2D eigenvalue weighted by molar-refractivity contribution is 6.16. The maximum atomic E-state index is 14.5. The number of nitrogens with zero attached hydrogens (tertiary/aromatic N) is 1. The molecule has 3 amide bonds. The van der Waals surface area contributed by atoms with Crippen LogP contribution >= 0.6 is 0 Å². The van der Waals surface area contributed by atoms with E-state index >= 15 is 0 Å². The molecule has 1 fully saturated rings. The zero-order valence-electron chi connectivity index (χ0n) is 25.5. The molecular formula is C32H38N4O7. The average Bonchev–Trinajstić information content (AvgIpc) is 3.49. The van der Waals surface area contributed by atoms with Gasteiger partial charge in [0.2, 0.25) is 0 Å². The van der Waals surface area contributed by atoms with Crippen LogP contribution in [0.1, 0.15) is 75.9 Å². The minimum Gasteiger partial charge on any atom is -0.487 e. The lowest BCUT2D eigenvalue weighted by Crippen LogP contribution is -2.65. The molecule has 11 heteroatoms. The fraction of sp³-hybridized carbons (Fsp3) is 0.438. The molecule has 1 aliphatic carbocycles. The zero-order chi connectivity index (χ0) is 31.3. The van der Waals surface area contributed by atoms with E-state index in [0.717, 1.165) is 5.56 Å². The van der Waals surface area contributed by atoms with Crippen molar-refractivity contribution in [1.29, 1.82) is 0 Å². The third-order valence-electron chi connectivity index (χ3n) is 7.60. The second kappa shape index (κ2) is 10.6. The molecule has 1 saturated heterocycles. The van der Waals surface area contributed by atoms with Gasteiger partial charge < -0.3 is 30.2 Å². The third kappa shape index (κ3) is 5.76. The van der Waals surface area contributed by atoms with E-state index in [-0.39, 0.29) is 18.7 Å². The van der Waals surface area contributed by atoms with E-state index < -0.39 is 52.7 Å². The van der Waals surface area contributed by atoms with Crippen molar-refractivity contribution >= 4 is 34.9 Å². The third-order valence-corrected chi connectivity index (χ3v) is 7.60. The van der Waals surface area contributed by atoms with Gasteiger partial charge in [0.1, 0.15) is 35.1 Å². The number of urea groups is 1. The molecule has 2 heterocycles. The monoisotopic (exact) mass is 590 g/mol. The zero-order valence-corrected chi connectivity index (χ0v) is 25.5. The lowest BCUT2D eigenvalue weighted by molar-refractivity contribution is 0.0448. The second-order valence-corrected chi connectivity index (χ2v) is 13.1. The number of amides is 3. The Labute approximate surface area is 250 Å². The summed E-state index contributed by atoms with van der Waals surface area (Å²) in [5.41, 5.74) is -0.692. The highest BCUT2D eigenvalue weighted by Gasteiger charge is 2.55. The van der Waals surface area contributed by atoms with Crippen molar-refractivity contribution in [2.75, 3.05) is 6.54 Å². The molecule has 1 spiro atoms. The van der Waals surface area contributed by atoms with Gasteiger partial charge in [-0.15, -0.1) is 0 Å². The van der Waals surface area contributed by atoms with E-state index in [1.165, 1.54) is 10.8 Å². The number of nitrogens with one attached hydrogen (secondary N) is 3. The molecule has 0 unspecified atom stereocenters. The fourth-order valence-electron chi connectivity index (χ4n) is 5.72. The number of benzene rings is 2. The molecule has 228 valence electrons. The van der Waals surface area contributed by atoms with Crippen LogP contribution in [0.3, 0.4) is 0 Å². The number of aromatic nitrogens is 1. The minimum atomic E-state index is -1.23. The topological polar surface area (TPSA) is 137 Å². The maximum Gasteiger partial charge on any atom is 0.419 e. The van der Waals surface area contributed by atoms with Crippen LogP contribution in [0.15, 0.2) is 48.7 Å². The van der Waals surface area contributed by atoms with Crippen molar-refractivity contribution in [3.8, 4) is 5.75 Å². The Hall–Kier alpha value is -4.54. The normalized spacial score (nSPS) is 21.7. The van der Waals surface area contributed by atoms with E-state index in [1.807, 2.05) is 43.3 Å². The molecule has 2 aromatic carbocycles. The van der Waals surface area contributed by atoms with Crippen molar-refractivity contribution in [3.05, 3.63) is 65.4 Å². The highest BCUT2D eigenvalue weighted by atomic mass is 16.6. The van der Waals surface area contributed by atoms with Gasteiger partial charge >= 0.3 is 18.2 Å². The summed E-state index contributed by atoms with van der Waals surface area (Å²) in [5, 5.41) is 8.93. The van der Waals surface area contributed by atoms with Crippen molar-refractivity contribution in [3.63, 3.8) is 0 Å². The van der Waals surface area contributed by atoms with Crippen LogP contribution in [0.4, 0.5) is 14.4 Å². The van der Waals surface area contributed by atoms with Crippen molar-refractivity contribution < 1.29 is 33.4 Å². The van der Waals surface area contributed by atoms with Gasteiger partial charge in [-0.05, 0) is 58.7 Å². The Morgan fingerprint density at radius 3 is 2.28 bits per heavy atom. The number of ether oxygens (including phenoxy) is 3. The van der Waals surface area contributed by atoms with Gasteiger partial charge in [0, 0.05) is 29.6 Å². The van der Waals surface area contributed by atoms with E-state index in [9.17, 15) is 19.2 Å². The van der Waals surface area contributed by atoms with E-state index in [2.05, 4.69) is 16.0 Å². The first kappa shape index (κ1) is 29.9. The van der Waals surface area contributed by atoms with Crippen LogP contribution in [0.5, 0.6) is 5.75 Å². The van der Waals surface area contributed by atoms with Gasteiger partial charge in [-0.3, -0.25) is 4.79 Å². The Morgan fingerprint density at radius 2 is 1.67 bits per heavy atom. The number of rotatable bonds is 4. The summed E-state index contributed by atoms with van der Waals surface area (Å²) in [7, 11) is 0. The van der Waals surface area contributed by atoms with Gasteiger partial charge in [0.05, 0.1) is 5.54 Å². The summed E-state index contributed by atoms with van der Waals surface area (Å²) in [4.78, 5) is 53.7. The number of carbonyl (C=O) groups excluding carboxylic acids is 4. The van der Waals surface area contributed by atoms with Crippen LogP contribution in [-0.4, -0.2) is 57.9 Å². The summed E-state index contributed by atoms with van der Waals surface area (Å²) < 4.78 is 18.7. The van der Waals surface area contributed by atoms with Crippen LogP contribution in [0.25, 0.3) is 10.9 Å². The first-order valence-electron chi connectivity index (χ1n) is 14.3. The number of hydrogen-bond donors (Lipinski definition) is 3. The average molecular weight is 591 g/mol. The molecule has 3 atom stereocenters. The quantitative estimate of drug-likeness (QED) is 0.378. The summed E-state index contributed by atoms with van der Waals surface area (Å²) in [5.74, 6) is -0.620. The molecule has 43 heavy (non-hydrogen) atoms. The smallest absolute Gasteiger partial charge is 0.419 e. The van der Waals surface area contributed by atoms with Crippen LogP contribution in [0.2, 0.25) is 0 Å². The molecular weight excluding hydrogens is 552 g/mol. The first-order valence-corrected chi connectivity index (χ1v) is 14.3. The van der Waals surface area contributed by atoms with E-state index in [0.29, 0.717) is 22.2 Å². The fourth-order valence-corrected chi connectivity index (χ4v) is 5.72. The predicted octanol–water partition coefficient (Wildman–Crippen LogP) is 5.25. The van der Waals surface area contributed by atoms with Gasteiger partial charge in [-0.25, -0.2) is 19.0 Å². The molecule has 0 radical (unpaired) electrons. The van der Waals surface area contributed by atoms with Crippen molar-refractivity contribution in [1.82, 2.24) is 20.5 Å². The standard InChI is InChI=1S/C32H38N4O7/c1-18-20-13-14-22(41-16-19-11-9-8-10-12-19)24-23(20)21(15-36(24)29(40)43-31(5,6)7)25(37)26(32(18)17-33-27(38)35-32)34-28(39)42-30(2,3)4/h8-15,18,26H,16-17H2,1-7H3,(H,34,39)(H2,33,35,38)/t18-,26-,32-/m0/s1. The molecule has 3 N–H and O–H groups in total. The lowest BCUT2D eigenvalue weighted by atomic mass is 9.75. The van der Waals surface area contributed by atoms with Gasteiger partial charge in [0.15, 0.2) is 5.78 Å². The summed E-state index contributed by atoms with van der Waals surface area (Å²) >= 11 is 0. The molecule has 2 aliphatic rings. The van der Waals surface area contributed by atoms with Gasteiger partial charge in [0.25, 0.3) is 0 Å². The van der Waals surface area contributed by atoms with Gasteiger partial charge in [-0.2, -0.15) is 0 Å². The highest BCUT2D eigenvalue weighted by Crippen LogP contribution is 2.45. The number of carbonyl (C=O) groups is 4. The largest absolute Gasteiger partial charge is 0.487 e. The number of Topliss-reactive ketones (excluding diaryl/α,β-unsaturated/α-hetero) is 1. The van der Waals surface area contributed by atoms with E-state index in [4.69, 9.17) is 14.2 Å². The van der Waals surface area contributed by atoms with Crippen LogP contribution in [-0.2, 0) is 16.1 Å². The maximum absolute atomic E-state index is 14.5. The summed E-state index contributed by atoms with van der Waals surface area (Å²) in [6.07, 6.45) is -0.0624. The molecule has 1 aliphatic heterocycles. The molecule has 1 aromatic heterocycles. The lowest BCUT2D eigenvalue weighted by Gasteiger charge is -2.39. The second-order valence-electron chi connectivity index (χ2n) is 13.1. The Balaban J connectivity index is 1.70. The Morgan fingerprint density at radius 1 is 1.00 bits per heavy atom. The predicted molar refractivity (Wildman–Crippen MR) is 160 cm³/mol. The number of alkyl carbamates (subject to hydrolysis) is 1. The number of hydrogen-bond acceptors (Lipinski definition) is 7. The van der Waals surface area contributed by atoms with Gasteiger partial charge in [-0.1, -0.05) is 43.3 Å². The Kier molecular flexibility index (Phi) is 7.40. The Bertz CT molecular complexity index is 1600. The van der Waals surface area contributed by atoms with Crippen molar-refractivity contribution in [2.45, 2.75) is 83.8 Å². The summed E-state index contributed by atoms with van der Waals surface area (Å²) in [6.45, 7) is 12.6. The molecule has 0 bridgehead atoms. The molecule has 11 nitrogen and oxygen atoms in total. The van der Waals surface area contributed by atoms with E-state index in [1.54, 1.807) is 47.6 Å². The first-order chi connectivity index (χ1) is 20.1. The molecule has 3 aromatic rings. The van der Waals surface area contributed by atoms with Crippen LogP contribution < -0.4 is 20.7 Å². The number of ketones is 1. The molecule has 0 saturated carbocycles. The molecule has 5 rings (SSSR count).